The van der Waals surface area contributed by atoms with E-state index in [4.69, 9.17) is 22.0 Å². The van der Waals surface area contributed by atoms with Crippen molar-refractivity contribution < 1.29 is 23.6 Å². The minimum Gasteiger partial charge on any atom is -0.450 e. The number of hydrogen-bond acceptors (Lipinski definition) is 7. The number of hydrogen-bond donors (Lipinski definition) is 5. The van der Waals surface area contributed by atoms with E-state index in [9.17, 15) is 14.4 Å². The molecule has 0 spiro atoms. The Morgan fingerprint density at radius 3 is 2.48 bits per heavy atom. The average Bonchev–Trinajstić information content (AvgIpc) is 2.66. The highest BCUT2D eigenvalue weighted by Gasteiger charge is 2.32. The molecule has 0 saturated carbocycles. The van der Waals surface area contributed by atoms with Crippen LogP contribution in [0.25, 0.3) is 0 Å². The lowest BCUT2D eigenvalue weighted by Gasteiger charge is -2.24. The van der Waals surface area contributed by atoms with Gasteiger partial charge in [0.05, 0.1) is 9.47 Å². The van der Waals surface area contributed by atoms with Crippen LogP contribution < -0.4 is 26.2 Å². The number of esters is 1. The topological polar surface area (TPSA) is 156 Å². The van der Waals surface area contributed by atoms with E-state index in [1.54, 1.807) is 33.7 Å². The summed E-state index contributed by atoms with van der Waals surface area (Å²) in [6.45, 7) is 3.00. The van der Waals surface area contributed by atoms with E-state index in [1.807, 2.05) is 0 Å². The van der Waals surface area contributed by atoms with E-state index < -0.39 is 29.4 Å². The van der Waals surface area contributed by atoms with Crippen LogP contribution in [0.15, 0.2) is 24.3 Å². The molecule has 0 radical (unpaired) electrons. The summed E-state index contributed by atoms with van der Waals surface area (Å²) in [5, 5.41) is 15.5. The molecule has 0 aliphatic carbocycles. The number of carbonyl (C=O) groups excluding carboxylic acids is 3. The Hall–Kier alpha value is -2.63. The van der Waals surface area contributed by atoms with Gasteiger partial charge < -0.3 is 30.7 Å². The van der Waals surface area contributed by atoms with Crippen LogP contribution in [-0.2, 0) is 18.9 Å². The number of nitrogens with one attached hydrogen (secondary N) is 4. The molecule has 0 heterocycles. The van der Waals surface area contributed by atoms with Gasteiger partial charge in [-0.25, -0.2) is 4.79 Å². The van der Waals surface area contributed by atoms with E-state index in [0.717, 1.165) is 0 Å². The first-order chi connectivity index (χ1) is 13.6. The highest BCUT2D eigenvalue weighted by atomic mass is 31.1. The summed E-state index contributed by atoms with van der Waals surface area (Å²) in [6.07, 6.45) is 5.33. The zero-order chi connectivity index (χ0) is 22.0. The normalized spacial score (nSPS) is 11.8. The highest BCUT2D eigenvalue weighted by Crippen LogP contribution is 2.18. The molecule has 0 saturated heterocycles. The standard InChI is InChI=1S/C17H25N5O5P2/c1-17(2,21-13(23)9-8-12(18)14(24)27-28)15(25)26-11-6-4-10(5-7-11)20-16(19)22-29-3/h3-7,12,29H,8-9,18,28H2,1-2H3,(H,21,23)(H3,19,20,22). The maximum absolute atomic E-state index is 12.4. The van der Waals surface area contributed by atoms with Gasteiger partial charge in [-0.2, -0.15) is 0 Å². The first kappa shape index (κ1) is 24.4. The van der Waals surface area contributed by atoms with E-state index in [0.29, 0.717) is 5.69 Å². The molecule has 158 valence electrons. The number of anilines is 1. The lowest BCUT2D eigenvalue weighted by Crippen LogP contribution is -2.52. The second kappa shape index (κ2) is 11.4. The number of carbonyl (C=O) groups is 3. The lowest BCUT2D eigenvalue weighted by molar-refractivity contribution is -0.143. The van der Waals surface area contributed by atoms with E-state index in [2.05, 4.69) is 20.2 Å². The van der Waals surface area contributed by atoms with Gasteiger partial charge in [-0.05, 0) is 52.7 Å². The maximum Gasteiger partial charge on any atom is 0.336 e. The molecule has 0 aromatic heterocycles. The van der Waals surface area contributed by atoms with Gasteiger partial charge in [-0.1, -0.05) is 0 Å². The third kappa shape index (κ3) is 8.50. The first-order valence-electron chi connectivity index (χ1n) is 8.45. The van der Waals surface area contributed by atoms with Crippen molar-refractivity contribution in [1.29, 1.82) is 5.41 Å². The van der Waals surface area contributed by atoms with Crippen LogP contribution in [0.4, 0.5) is 5.69 Å². The SMILES string of the molecule is C#[PH]NC(=N)Nc1ccc(OC(=O)C(C)(C)NC(=O)CCC(N)C(=O)OP)cc1. The summed E-state index contributed by atoms with van der Waals surface area (Å²) in [6, 6.07) is 5.41. The van der Waals surface area contributed by atoms with Crippen LogP contribution in [0.3, 0.4) is 0 Å². The average molecular weight is 441 g/mol. The Kier molecular flexibility index (Phi) is 9.59. The van der Waals surface area contributed by atoms with Crippen molar-refractivity contribution in [2.24, 2.45) is 5.73 Å². The number of nitrogens with two attached hydrogens (primary N) is 1. The first-order valence-corrected chi connectivity index (χ1v) is 10.0. The molecule has 3 unspecified atom stereocenters. The number of ether oxygens (including phenoxy) is 1. The monoisotopic (exact) mass is 441 g/mol. The maximum atomic E-state index is 12.4. The fourth-order valence-electron chi connectivity index (χ4n) is 2.04. The van der Waals surface area contributed by atoms with Gasteiger partial charge >= 0.3 is 11.9 Å². The minimum absolute atomic E-state index is 0.0464. The Bertz CT molecular complexity index is 807. The third-order valence-corrected chi connectivity index (χ3v) is 4.22. The van der Waals surface area contributed by atoms with E-state index in [1.165, 1.54) is 13.8 Å². The summed E-state index contributed by atoms with van der Waals surface area (Å²) in [7, 11) is 1.70. The Morgan fingerprint density at radius 1 is 1.31 bits per heavy atom. The van der Waals surface area contributed by atoms with Crippen molar-refractivity contribution in [2.45, 2.75) is 38.3 Å². The molecule has 0 aliphatic heterocycles. The second-order valence-electron chi connectivity index (χ2n) is 6.44. The van der Waals surface area contributed by atoms with Crippen molar-refractivity contribution in [3.63, 3.8) is 0 Å². The van der Waals surface area contributed by atoms with Crippen molar-refractivity contribution in [2.75, 3.05) is 5.32 Å². The van der Waals surface area contributed by atoms with Crippen LogP contribution >= 0.6 is 17.7 Å². The summed E-state index contributed by atoms with van der Waals surface area (Å²) in [4.78, 5) is 35.7. The number of benzene rings is 1. The number of amides is 1. The van der Waals surface area contributed by atoms with Gasteiger partial charge in [0.25, 0.3) is 0 Å². The van der Waals surface area contributed by atoms with Crippen LogP contribution in [-0.4, -0.2) is 35.4 Å². The van der Waals surface area contributed by atoms with Crippen molar-refractivity contribution in [1.82, 2.24) is 10.4 Å². The van der Waals surface area contributed by atoms with Gasteiger partial charge in [-0.15, -0.1) is 6.13 Å². The molecule has 6 N–H and O–H groups in total. The predicted molar refractivity (Wildman–Crippen MR) is 115 cm³/mol. The molecule has 3 atom stereocenters. The summed E-state index contributed by atoms with van der Waals surface area (Å²) in [5.41, 5.74) is 4.88. The van der Waals surface area contributed by atoms with Gasteiger partial charge in [0.15, 0.2) is 5.96 Å². The zero-order valence-corrected chi connectivity index (χ0v) is 18.2. The van der Waals surface area contributed by atoms with Gasteiger partial charge in [0.1, 0.15) is 17.3 Å². The Balaban J connectivity index is 2.59. The zero-order valence-electron chi connectivity index (χ0n) is 16.1. The van der Waals surface area contributed by atoms with Crippen molar-refractivity contribution in [3.05, 3.63) is 24.3 Å². The van der Waals surface area contributed by atoms with Gasteiger partial charge in [0.2, 0.25) is 5.91 Å². The molecule has 0 fully saturated rings. The molecule has 0 bridgehead atoms. The van der Waals surface area contributed by atoms with Gasteiger partial charge in [-0.3, -0.25) is 15.0 Å². The fourth-order valence-corrected chi connectivity index (χ4v) is 2.42. The quantitative estimate of drug-likeness (QED) is 0.132. The largest absolute Gasteiger partial charge is 0.450 e. The molecule has 1 amide bonds. The molecule has 10 nitrogen and oxygen atoms in total. The molecule has 1 aromatic carbocycles. The molecule has 0 aliphatic rings. The Labute approximate surface area is 172 Å². The fraction of sp³-hybridized carbons (Fsp3) is 0.353. The van der Waals surface area contributed by atoms with Crippen LogP contribution in [0.5, 0.6) is 5.75 Å². The van der Waals surface area contributed by atoms with E-state index >= 15 is 0 Å². The lowest BCUT2D eigenvalue weighted by atomic mass is 10.0. The number of rotatable bonds is 8. The highest BCUT2D eigenvalue weighted by molar-refractivity contribution is 7.24. The van der Waals surface area contributed by atoms with E-state index in [-0.39, 0.29) is 32.7 Å². The van der Waals surface area contributed by atoms with Crippen LogP contribution in [0.1, 0.15) is 26.7 Å². The smallest absolute Gasteiger partial charge is 0.336 e. The summed E-state index contributed by atoms with van der Waals surface area (Å²) < 4.78 is 9.71. The number of guanidine groups is 1. The summed E-state index contributed by atoms with van der Waals surface area (Å²) in [5.74, 6) is -1.45. The van der Waals surface area contributed by atoms with Crippen molar-refractivity contribution >= 4 is 47.1 Å². The molecular formula is C17H25N5O5P2. The predicted octanol–water partition coefficient (Wildman–Crippen LogP) is 1.05. The molecule has 12 heteroatoms. The van der Waals surface area contributed by atoms with Crippen LogP contribution in [0.2, 0.25) is 0 Å². The molecular weight excluding hydrogens is 416 g/mol. The van der Waals surface area contributed by atoms with Crippen LogP contribution in [0, 0.1) is 11.5 Å². The molecule has 29 heavy (non-hydrogen) atoms. The molecule has 1 aromatic rings. The van der Waals surface area contributed by atoms with Crippen molar-refractivity contribution in [3.8, 4) is 11.9 Å². The second-order valence-corrected chi connectivity index (χ2v) is 7.21. The summed E-state index contributed by atoms with van der Waals surface area (Å²) >= 11 is 0. The molecule has 1 rings (SSSR count). The Morgan fingerprint density at radius 2 is 1.93 bits per heavy atom. The third-order valence-electron chi connectivity index (χ3n) is 3.59. The minimum atomic E-state index is -1.30. The van der Waals surface area contributed by atoms with Gasteiger partial charge in [0, 0.05) is 12.1 Å².